The molecule has 4 aromatic rings. The van der Waals surface area contributed by atoms with Gasteiger partial charge >= 0.3 is 5.91 Å². The summed E-state index contributed by atoms with van der Waals surface area (Å²) in [6, 6.07) is 3.65. The van der Waals surface area contributed by atoms with Gasteiger partial charge in [0, 0.05) is 29.3 Å². The van der Waals surface area contributed by atoms with E-state index in [0.29, 0.717) is 35.6 Å². The second-order valence-electron chi connectivity index (χ2n) is 9.34. The molecular formula is C24H23F3N7O+. The molecule has 0 saturated heterocycles. The maximum Gasteiger partial charge on any atom is 0.301 e. The number of aryl methyl sites for hydroxylation is 2. The molecule has 1 saturated carbocycles. The smallest absolute Gasteiger partial charge is 0.301 e. The maximum atomic E-state index is 13.9. The zero-order valence-electron chi connectivity index (χ0n) is 19.5. The van der Waals surface area contributed by atoms with Crippen molar-refractivity contribution in [2.24, 2.45) is 7.05 Å². The van der Waals surface area contributed by atoms with Crippen LogP contribution in [0, 0.1) is 24.4 Å². The molecule has 3 aromatic heterocycles. The molecule has 0 bridgehead atoms. The van der Waals surface area contributed by atoms with Gasteiger partial charge in [-0.1, -0.05) is 5.10 Å². The molecule has 8 nitrogen and oxygen atoms in total. The Hall–Kier alpha value is -3.76. The molecule has 6 rings (SSSR count). The van der Waals surface area contributed by atoms with Gasteiger partial charge in [-0.25, -0.2) is 13.2 Å². The van der Waals surface area contributed by atoms with E-state index < -0.39 is 17.5 Å². The fourth-order valence-corrected chi connectivity index (χ4v) is 5.00. The van der Waals surface area contributed by atoms with Crippen LogP contribution in [0.25, 0.3) is 16.8 Å². The number of aromatic nitrogens is 6. The number of halogens is 3. The topological polar surface area (TPSA) is 72.2 Å². The Labute approximate surface area is 198 Å². The fraction of sp³-hybridized carbons (Fsp3) is 0.375. The second-order valence-corrected chi connectivity index (χ2v) is 9.34. The Morgan fingerprint density at radius 2 is 1.86 bits per heavy atom. The Bertz CT molecular complexity index is 1500. The van der Waals surface area contributed by atoms with Crippen molar-refractivity contribution in [2.45, 2.75) is 45.2 Å². The lowest BCUT2D eigenvalue weighted by Gasteiger charge is -2.32. The van der Waals surface area contributed by atoms with Crippen LogP contribution in [0.2, 0.25) is 0 Å². The second kappa shape index (κ2) is 7.62. The molecule has 0 unspecified atom stereocenters. The van der Waals surface area contributed by atoms with Crippen LogP contribution in [0.15, 0.2) is 24.4 Å². The van der Waals surface area contributed by atoms with Gasteiger partial charge in [-0.2, -0.15) is 5.10 Å². The summed E-state index contributed by atoms with van der Waals surface area (Å²) in [6.07, 6.45) is 4.07. The number of hydrogen-bond donors (Lipinski definition) is 0. The number of benzene rings is 1. The third-order valence-electron chi connectivity index (χ3n) is 6.86. The number of amides is 1. The summed E-state index contributed by atoms with van der Waals surface area (Å²) < 4.78 is 46.2. The summed E-state index contributed by atoms with van der Waals surface area (Å²) in [6.45, 7) is 4.19. The van der Waals surface area contributed by atoms with Crippen LogP contribution in [0.1, 0.15) is 59.2 Å². The maximum absolute atomic E-state index is 13.9. The number of rotatable bonds is 3. The molecule has 11 heteroatoms. The van der Waals surface area contributed by atoms with Crippen LogP contribution >= 0.6 is 0 Å². The van der Waals surface area contributed by atoms with Crippen LogP contribution in [0.5, 0.6) is 0 Å². The number of hydrogen-bond acceptors (Lipinski definition) is 4. The highest BCUT2D eigenvalue weighted by Crippen LogP contribution is 2.37. The van der Waals surface area contributed by atoms with E-state index in [0.717, 1.165) is 36.1 Å². The van der Waals surface area contributed by atoms with Crippen molar-refractivity contribution in [3.8, 4) is 11.3 Å². The highest BCUT2D eigenvalue weighted by molar-refractivity contribution is 5.97. The molecule has 1 amide bonds. The van der Waals surface area contributed by atoms with Gasteiger partial charge < -0.3 is 4.90 Å². The van der Waals surface area contributed by atoms with Crippen molar-refractivity contribution in [3.63, 3.8) is 0 Å². The summed E-state index contributed by atoms with van der Waals surface area (Å²) in [4.78, 5) is 15.6. The lowest BCUT2D eigenvalue weighted by molar-refractivity contribution is -0.759. The first-order valence-corrected chi connectivity index (χ1v) is 11.5. The van der Waals surface area contributed by atoms with Gasteiger partial charge in [0.15, 0.2) is 17.5 Å². The number of carbonyl (C=O) groups is 1. The zero-order valence-corrected chi connectivity index (χ0v) is 19.5. The van der Waals surface area contributed by atoms with E-state index in [4.69, 9.17) is 0 Å². The minimum Gasteiger partial charge on any atom is -0.327 e. The first kappa shape index (κ1) is 21.8. The normalized spacial score (nSPS) is 17.8. The van der Waals surface area contributed by atoms with Gasteiger partial charge in [-0.15, -0.1) is 4.68 Å². The Balaban J connectivity index is 1.41. The van der Waals surface area contributed by atoms with E-state index >= 15 is 0 Å². The van der Waals surface area contributed by atoms with Crippen molar-refractivity contribution in [1.29, 1.82) is 0 Å². The van der Waals surface area contributed by atoms with Gasteiger partial charge in [-0.05, 0) is 56.9 Å². The van der Waals surface area contributed by atoms with Gasteiger partial charge in [0.2, 0.25) is 5.52 Å². The van der Waals surface area contributed by atoms with Crippen molar-refractivity contribution >= 4 is 11.4 Å². The van der Waals surface area contributed by atoms with E-state index in [9.17, 15) is 18.0 Å². The molecule has 1 aliphatic carbocycles. The summed E-state index contributed by atoms with van der Waals surface area (Å²) in [5.74, 6) is -4.17. The third kappa shape index (κ3) is 3.32. The molecular weight excluding hydrogens is 459 g/mol. The minimum atomic E-state index is -1.50. The van der Waals surface area contributed by atoms with Crippen LogP contribution in [0.4, 0.5) is 13.2 Å². The number of fused-ring (bicyclic) bond motifs is 2. The van der Waals surface area contributed by atoms with Gasteiger partial charge in [0.1, 0.15) is 11.3 Å². The average Bonchev–Trinajstić information content (AvgIpc) is 3.51. The molecule has 0 N–H and O–H groups in total. The molecule has 4 heterocycles. The molecule has 1 aromatic carbocycles. The predicted octanol–water partition coefficient (Wildman–Crippen LogP) is 3.24. The van der Waals surface area contributed by atoms with E-state index in [2.05, 4.69) is 15.4 Å². The van der Waals surface area contributed by atoms with E-state index in [1.807, 2.05) is 19.9 Å². The molecule has 0 spiro atoms. The van der Waals surface area contributed by atoms with Gasteiger partial charge in [0.05, 0.1) is 23.6 Å². The van der Waals surface area contributed by atoms with Crippen LogP contribution < -0.4 is 4.68 Å². The third-order valence-corrected chi connectivity index (χ3v) is 6.86. The predicted molar refractivity (Wildman–Crippen MR) is 118 cm³/mol. The lowest BCUT2D eigenvalue weighted by Crippen LogP contribution is -2.47. The summed E-state index contributed by atoms with van der Waals surface area (Å²) in [7, 11) is 1.67. The average molecular weight is 482 g/mol. The van der Waals surface area contributed by atoms with E-state index in [1.165, 1.54) is 9.31 Å². The Kier molecular flexibility index (Phi) is 4.74. The lowest BCUT2D eigenvalue weighted by atomic mass is 9.95. The van der Waals surface area contributed by atoms with E-state index in [-0.39, 0.29) is 23.6 Å². The van der Waals surface area contributed by atoms with Crippen LogP contribution in [0.3, 0.4) is 0 Å². The minimum absolute atomic E-state index is 0.163. The van der Waals surface area contributed by atoms with Crippen molar-refractivity contribution in [3.05, 3.63) is 64.4 Å². The molecule has 180 valence electrons. The largest absolute Gasteiger partial charge is 0.327 e. The SMILES string of the molecule is Cc1cnn2n[n+](C3CC3)c(C(=O)N3CCc4c(nn(C)c4-c4cc(F)c(F)c(F)c4)[C@@H]3C)c2c1. The molecule has 2 aliphatic rings. The van der Waals surface area contributed by atoms with Crippen molar-refractivity contribution in [2.75, 3.05) is 6.54 Å². The Morgan fingerprint density at radius 3 is 2.54 bits per heavy atom. The number of carbonyl (C=O) groups excluding carboxylic acids is 1. The first-order chi connectivity index (χ1) is 16.7. The monoisotopic (exact) mass is 482 g/mol. The van der Waals surface area contributed by atoms with Gasteiger partial charge in [0.25, 0.3) is 5.69 Å². The molecule has 1 atom stereocenters. The fourth-order valence-electron chi connectivity index (χ4n) is 5.00. The number of nitrogens with zero attached hydrogens (tertiary/aromatic N) is 7. The zero-order chi connectivity index (χ0) is 24.6. The van der Waals surface area contributed by atoms with Crippen molar-refractivity contribution in [1.82, 2.24) is 29.6 Å². The van der Waals surface area contributed by atoms with Gasteiger partial charge in [-0.3, -0.25) is 9.48 Å². The quantitative estimate of drug-likeness (QED) is 0.332. The highest BCUT2D eigenvalue weighted by Gasteiger charge is 2.42. The standard InChI is InChI=1S/C24H23F3N7O/c1-12-8-19-23(33(15-4-5-15)30-34(19)28-11-12)24(35)32-7-6-16-21(13(32)2)29-31(3)22(16)14-9-17(25)20(27)18(26)10-14/h8-11,13,15H,4-7H2,1-3H3/q+1/t13-/m0/s1. The molecule has 0 radical (unpaired) electrons. The van der Waals surface area contributed by atoms with Crippen molar-refractivity contribution < 1.29 is 22.6 Å². The Morgan fingerprint density at radius 1 is 1.14 bits per heavy atom. The van der Waals surface area contributed by atoms with Crippen LogP contribution in [-0.4, -0.2) is 42.1 Å². The molecule has 1 aliphatic heterocycles. The first-order valence-electron chi connectivity index (χ1n) is 11.5. The highest BCUT2D eigenvalue weighted by atomic mass is 19.2. The summed E-state index contributed by atoms with van der Waals surface area (Å²) in [5.41, 5.74) is 4.24. The van der Waals surface area contributed by atoms with E-state index in [1.54, 1.807) is 22.8 Å². The summed E-state index contributed by atoms with van der Waals surface area (Å²) in [5, 5.41) is 13.5. The molecule has 1 fully saturated rings. The van der Waals surface area contributed by atoms with Crippen LogP contribution in [-0.2, 0) is 13.5 Å². The molecule has 35 heavy (non-hydrogen) atoms. The summed E-state index contributed by atoms with van der Waals surface area (Å²) >= 11 is 0.